The number of nitrogens with one attached hydrogen (secondary N) is 1. The van der Waals surface area contributed by atoms with E-state index in [4.69, 9.17) is 16.3 Å². The maximum atomic E-state index is 12.5. The Morgan fingerprint density at radius 2 is 2.00 bits per heavy atom. The summed E-state index contributed by atoms with van der Waals surface area (Å²) >= 11 is 6.31. The van der Waals surface area contributed by atoms with Crippen molar-refractivity contribution in [1.82, 2.24) is 5.32 Å². The van der Waals surface area contributed by atoms with Crippen LogP contribution >= 0.6 is 11.6 Å². The van der Waals surface area contributed by atoms with Crippen LogP contribution in [-0.4, -0.2) is 25.0 Å². The zero-order chi connectivity index (χ0) is 14.9. The summed E-state index contributed by atoms with van der Waals surface area (Å²) in [4.78, 5) is 24.4. The van der Waals surface area contributed by atoms with E-state index in [2.05, 4.69) is 5.32 Å². The molecule has 0 bridgehead atoms. The minimum absolute atomic E-state index is 0.190. The monoisotopic (exact) mass is 307 g/mol. The average Bonchev–Trinajstić information content (AvgIpc) is 2.66. The molecule has 0 radical (unpaired) electrons. The highest BCUT2D eigenvalue weighted by molar-refractivity contribution is 6.31. The van der Waals surface area contributed by atoms with Crippen molar-refractivity contribution in [3.63, 3.8) is 0 Å². The number of hydrogen-bond donors (Lipinski definition) is 1. The zero-order valence-electron chi connectivity index (χ0n) is 11.7. The van der Waals surface area contributed by atoms with E-state index in [1.165, 1.54) is 0 Å². The number of carbonyl (C=O) groups is 2. The lowest BCUT2D eigenvalue weighted by Gasteiger charge is -2.42. The van der Waals surface area contributed by atoms with Crippen molar-refractivity contribution in [2.75, 3.05) is 13.2 Å². The molecule has 112 valence electrons. The topological polar surface area (TPSA) is 55.4 Å². The van der Waals surface area contributed by atoms with Gasteiger partial charge in [0.2, 0.25) is 11.8 Å². The second kappa shape index (κ2) is 5.78. The quantitative estimate of drug-likeness (QED) is 0.812. The number of rotatable bonds is 1. The van der Waals surface area contributed by atoms with Crippen LogP contribution in [0.5, 0.6) is 0 Å². The number of carbonyl (C=O) groups excluding carboxylic acids is 2. The van der Waals surface area contributed by atoms with E-state index in [9.17, 15) is 9.59 Å². The summed E-state index contributed by atoms with van der Waals surface area (Å²) in [5, 5.41) is 3.05. The van der Waals surface area contributed by atoms with E-state index in [0.29, 0.717) is 31.1 Å². The lowest BCUT2D eigenvalue weighted by Crippen LogP contribution is -2.51. The number of benzene rings is 1. The SMILES string of the molecule is O=C1CC2(CCCOCC2)C(c2ccccc2Cl)C(=O)N1. The average molecular weight is 308 g/mol. The summed E-state index contributed by atoms with van der Waals surface area (Å²) in [6, 6.07) is 7.41. The van der Waals surface area contributed by atoms with Crippen molar-refractivity contribution >= 4 is 23.4 Å². The largest absolute Gasteiger partial charge is 0.381 e. The van der Waals surface area contributed by atoms with Gasteiger partial charge in [-0.05, 0) is 36.3 Å². The van der Waals surface area contributed by atoms with E-state index < -0.39 is 0 Å². The molecular weight excluding hydrogens is 290 g/mol. The van der Waals surface area contributed by atoms with E-state index >= 15 is 0 Å². The lowest BCUT2D eigenvalue weighted by atomic mass is 9.63. The first kappa shape index (κ1) is 14.5. The Hall–Kier alpha value is -1.39. The second-order valence-corrected chi connectivity index (χ2v) is 6.28. The van der Waals surface area contributed by atoms with Crippen LogP contribution in [-0.2, 0) is 14.3 Å². The van der Waals surface area contributed by atoms with Gasteiger partial charge in [0.15, 0.2) is 0 Å². The maximum Gasteiger partial charge on any atom is 0.234 e. The van der Waals surface area contributed by atoms with Gasteiger partial charge in [-0.2, -0.15) is 0 Å². The summed E-state index contributed by atoms with van der Waals surface area (Å²) in [5.41, 5.74) is 0.437. The standard InChI is InChI=1S/C16H18ClNO3/c17-12-5-2-1-4-11(12)14-15(20)18-13(19)10-16(14)6-3-8-21-9-7-16/h1-2,4-5,14H,3,6-10H2,(H,18,19,20). The van der Waals surface area contributed by atoms with Gasteiger partial charge >= 0.3 is 0 Å². The van der Waals surface area contributed by atoms with E-state index in [-0.39, 0.29) is 23.1 Å². The normalized spacial score (nSPS) is 30.0. The maximum absolute atomic E-state index is 12.5. The third kappa shape index (κ3) is 2.70. The van der Waals surface area contributed by atoms with Crippen LogP contribution in [0.4, 0.5) is 0 Å². The number of amides is 2. The number of halogens is 1. The molecule has 1 N–H and O–H groups in total. The Balaban J connectivity index is 2.06. The molecule has 2 heterocycles. The summed E-state index contributed by atoms with van der Waals surface area (Å²) < 4.78 is 5.53. The van der Waals surface area contributed by atoms with Gasteiger partial charge in [0.1, 0.15) is 0 Å². The molecule has 1 aromatic rings. The third-order valence-electron chi connectivity index (χ3n) is 4.57. The predicted molar refractivity (Wildman–Crippen MR) is 79.1 cm³/mol. The molecule has 1 aromatic carbocycles. The van der Waals surface area contributed by atoms with Gasteiger partial charge in [0, 0.05) is 24.7 Å². The Morgan fingerprint density at radius 3 is 2.81 bits per heavy atom. The summed E-state index contributed by atoms with van der Waals surface area (Å²) in [7, 11) is 0. The Labute approximate surface area is 128 Å². The van der Waals surface area contributed by atoms with Gasteiger partial charge < -0.3 is 4.74 Å². The molecule has 0 saturated carbocycles. The molecule has 0 aliphatic carbocycles. The van der Waals surface area contributed by atoms with Crippen molar-refractivity contribution in [2.45, 2.75) is 31.6 Å². The van der Waals surface area contributed by atoms with Crippen LogP contribution in [0, 0.1) is 5.41 Å². The molecule has 2 amide bonds. The van der Waals surface area contributed by atoms with Crippen molar-refractivity contribution in [3.8, 4) is 0 Å². The smallest absolute Gasteiger partial charge is 0.234 e. The molecule has 5 heteroatoms. The number of imide groups is 1. The number of ether oxygens (including phenoxy) is 1. The predicted octanol–water partition coefficient (Wildman–Crippen LogP) is 2.66. The summed E-state index contributed by atoms with van der Waals surface area (Å²) in [6.07, 6.45) is 2.74. The molecule has 21 heavy (non-hydrogen) atoms. The van der Waals surface area contributed by atoms with Gasteiger partial charge in [-0.25, -0.2) is 0 Å². The van der Waals surface area contributed by atoms with E-state index in [0.717, 1.165) is 18.4 Å². The van der Waals surface area contributed by atoms with Crippen LogP contribution < -0.4 is 5.32 Å². The molecule has 1 spiro atoms. The minimum atomic E-state index is -0.384. The molecule has 2 aliphatic rings. The molecule has 0 aromatic heterocycles. The summed E-state index contributed by atoms with van der Waals surface area (Å²) in [5.74, 6) is -0.808. The van der Waals surface area contributed by atoms with E-state index in [1.807, 2.05) is 18.2 Å². The van der Waals surface area contributed by atoms with Crippen LogP contribution in [0.1, 0.15) is 37.2 Å². The number of hydrogen-bond acceptors (Lipinski definition) is 3. The van der Waals surface area contributed by atoms with Crippen LogP contribution in [0.25, 0.3) is 0 Å². The van der Waals surface area contributed by atoms with E-state index in [1.54, 1.807) is 6.07 Å². The third-order valence-corrected chi connectivity index (χ3v) is 4.92. The Morgan fingerprint density at radius 1 is 1.19 bits per heavy atom. The van der Waals surface area contributed by atoms with Crippen LogP contribution in [0.2, 0.25) is 5.02 Å². The van der Waals surface area contributed by atoms with Crippen molar-refractivity contribution in [2.24, 2.45) is 5.41 Å². The Kier molecular flexibility index (Phi) is 4.00. The zero-order valence-corrected chi connectivity index (χ0v) is 12.5. The highest BCUT2D eigenvalue weighted by atomic mass is 35.5. The van der Waals surface area contributed by atoms with Crippen molar-refractivity contribution in [1.29, 1.82) is 0 Å². The fourth-order valence-electron chi connectivity index (χ4n) is 3.63. The molecule has 4 nitrogen and oxygen atoms in total. The van der Waals surface area contributed by atoms with Gasteiger partial charge in [-0.3, -0.25) is 14.9 Å². The highest BCUT2D eigenvalue weighted by Gasteiger charge is 2.49. The fourth-order valence-corrected chi connectivity index (χ4v) is 3.87. The molecule has 2 unspecified atom stereocenters. The first-order valence-electron chi connectivity index (χ1n) is 7.28. The van der Waals surface area contributed by atoms with Crippen LogP contribution in [0.3, 0.4) is 0 Å². The summed E-state index contributed by atoms with van der Waals surface area (Å²) in [6.45, 7) is 1.27. The van der Waals surface area contributed by atoms with Gasteiger partial charge in [-0.1, -0.05) is 29.8 Å². The number of piperidine rings is 1. The molecule has 2 atom stereocenters. The van der Waals surface area contributed by atoms with Gasteiger partial charge in [0.05, 0.1) is 5.92 Å². The Bertz CT molecular complexity index is 564. The molecule has 2 saturated heterocycles. The fraction of sp³-hybridized carbons (Fsp3) is 0.500. The first-order chi connectivity index (χ1) is 10.1. The lowest BCUT2D eigenvalue weighted by molar-refractivity contribution is -0.140. The highest BCUT2D eigenvalue weighted by Crippen LogP contribution is 2.50. The molecule has 2 fully saturated rings. The molecule has 3 rings (SSSR count). The van der Waals surface area contributed by atoms with Crippen LogP contribution in [0.15, 0.2) is 24.3 Å². The van der Waals surface area contributed by atoms with Crippen molar-refractivity contribution in [3.05, 3.63) is 34.9 Å². The van der Waals surface area contributed by atoms with Crippen molar-refractivity contribution < 1.29 is 14.3 Å². The second-order valence-electron chi connectivity index (χ2n) is 5.87. The molecule has 2 aliphatic heterocycles. The van der Waals surface area contributed by atoms with Gasteiger partial charge in [-0.15, -0.1) is 0 Å². The van der Waals surface area contributed by atoms with Gasteiger partial charge in [0.25, 0.3) is 0 Å². The first-order valence-corrected chi connectivity index (χ1v) is 7.66. The molecular formula is C16H18ClNO3. The minimum Gasteiger partial charge on any atom is -0.381 e.